The van der Waals surface area contributed by atoms with Crippen molar-refractivity contribution in [2.45, 2.75) is 135 Å². The Morgan fingerprint density at radius 2 is 1.13 bits per heavy atom. The van der Waals surface area contributed by atoms with E-state index in [-0.39, 0.29) is 6.61 Å². The van der Waals surface area contributed by atoms with Crippen LogP contribution in [0.2, 0.25) is 33.2 Å². The summed E-state index contributed by atoms with van der Waals surface area (Å²) in [6.07, 6.45) is -3.30. The zero-order valence-electron chi connectivity index (χ0n) is 21.4. The minimum Gasteiger partial charge on any atom is -0.455 e. The van der Waals surface area contributed by atoms with Gasteiger partial charge in [-0.3, -0.25) is 0 Å². The Labute approximate surface area is 186 Å². The van der Waals surface area contributed by atoms with Crippen molar-refractivity contribution in [3.63, 3.8) is 0 Å². The Kier molecular flexibility index (Phi) is 9.80. The Bertz CT molecular complexity index is 520. The molecule has 7 heteroatoms. The molecule has 1 aliphatic rings. The second kappa shape index (κ2) is 10.6. The lowest BCUT2D eigenvalue weighted by Crippen LogP contribution is -2.55. The van der Waals surface area contributed by atoms with Crippen LogP contribution in [-0.2, 0) is 18.4 Å². The van der Waals surface area contributed by atoms with E-state index in [1.54, 1.807) is 0 Å². The van der Waals surface area contributed by atoms with Crippen LogP contribution in [0.25, 0.3) is 0 Å². The molecule has 1 aliphatic heterocycles. The molecule has 0 aromatic carbocycles. The molecule has 1 rings (SSSR count). The predicted molar refractivity (Wildman–Crippen MR) is 128 cm³/mol. The predicted octanol–water partition coefficient (Wildman–Crippen LogP) is 7.00. The maximum atomic E-state index is 15.0. The summed E-state index contributed by atoms with van der Waals surface area (Å²) >= 11 is 0. The van der Waals surface area contributed by atoms with Crippen molar-refractivity contribution in [3.05, 3.63) is 0 Å². The number of cyclic esters (lactones) is 1. The SMILES string of the molecule is CC(C)[Si](OC[C@H]1OC(=O)C(F)[C@@H]1O[Si](C(C)C)(C(C)C)C(C)C)(C(C)C)C(C)C. The van der Waals surface area contributed by atoms with Crippen LogP contribution < -0.4 is 0 Å². The highest BCUT2D eigenvalue weighted by molar-refractivity contribution is 6.78. The van der Waals surface area contributed by atoms with Crippen molar-refractivity contribution in [1.29, 1.82) is 0 Å². The van der Waals surface area contributed by atoms with Crippen molar-refractivity contribution in [3.8, 4) is 0 Å². The molecular formula is C23H47FO4Si2. The van der Waals surface area contributed by atoms with E-state index in [1.165, 1.54) is 0 Å². The van der Waals surface area contributed by atoms with Crippen molar-refractivity contribution in [2.24, 2.45) is 0 Å². The van der Waals surface area contributed by atoms with Crippen molar-refractivity contribution in [2.75, 3.05) is 6.61 Å². The molecule has 30 heavy (non-hydrogen) atoms. The van der Waals surface area contributed by atoms with Crippen LogP contribution in [0.5, 0.6) is 0 Å². The second-order valence-corrected chi connectivity index (χ2v) is 21.8. The van der Waals surface area contributed by atoms with E-state index < -0.39 is 41.0 Å². The van der Waals surface area contributed by atoms with E-state index in [4.69, 9.17) is 13.6 Å². The Morgan fingerprint density at radius 1 is 0.767 bits per heavy atom. The van der Waals surface area contributed by atoms with E-state index in [0.717, 1.165) is 0 Å². The van der Waals surface area contributed by atoms with Crippen LogP contribution in [0.4, 0.5) is 4.39 Å². The number of esters is 1. The summed E-state index contributed by atoms with van der Waals surface area (Å²) in [5, 5.41) is 0. The highest BCUT2D eigenvalue weighted by Gasteiger charge is 2.55. The van der Waals surface area contributed by atoms with Crippen LogP contribution in [0.1, 0.15) is 83.1 Å². The van der Waals surface area contributed by atoms with E-state index in [1.807, 2.05) is 0 Å². The minimum atomic E-state index is -2.36. The zero-order valence-corrected chi connectivity index (χ0v) is 23.4. The fourth-order valence-electron chi connectivity index (χ4n) is 6.24. The van der Waals surface area contributed by atoms with Crippen LogP contribution in [0.3, 0.4) is 0 Å². The van der Waals surface area contributed by atoms with Gasteiger partial charge in [-0.2, -0.15) is 0 Å². The molecule has 1 unspecified atom stereocenters. The van der Waals surface area contributed by atoms with Gasteiger partial charge in [-0.15, -0.1) is 0 Å². The molecule has 0 amide bonds. The Balaban J connectivity index is 3.22. The van der Waals surface area contributed by atoms with Crippen LogP contribution in [0.15, 0.2) is 0 Å². The zero-order chi connectivity index (χ0) is 23.6. The normalized spacial score (nSPS) is 23.7. The molecule has 1 saturated heterocycles. The first-order chi connectivity index (χ1) is 13.7. The van der Waals surface area contributed by atoms with E-state index in [9.17, 15) is 4.79 Å². The van der Waals surface area contributed by atoms with Gasteiger partial charge in [-0.25, -0.2) is 9.18 Å². The fourth-order valence-corrected chi connectivity index (χ4v) is 17.3. The van der Waals surface area contributed by atoms with Gasteiger partial charge >= 0.3 is 5.97 Å². The largest absolute Gasteiger partial charge is 0.455 e. The van der Waals surface area contributed by atoms with Gasteiger partial charge in [0.1, 0.15) is 6.10 Å². The molecule has 0 aromatic rings. The summed E-state index contributed by atoms with van der Waals surface area (Å²) in [6.45, 7) is 26.5. The average molecular weight is 463 g/mol. The van der Waals surface area contributed by atoms with Crippen molar-refractivity contribution < 1.29 is 22.8 Å². The maximum absolute atomic E-state index is 15.0. The lowest BCUT2D eigenvalue weighted by atomic mass is 10.2. The molecule has 0 aliphatic carbocycles. The number of hydrogen-bond donors (Lipinski definition) is 0. The highest BCUT2D eigenvalue weighted by atomic mass is 28.4. The standard InChI is InChI=1S/C23H47FO4Si2/c1-14(2)29(15(3)4,16(5)6)26-13-20-22(21(24)23(25)27-20)28-30(17(7)8,18(9)10)19(11)12/h14-22H,13H2,1-12H3/t20-,21?,22-/m1/s1. The lowest BCUT2D eigenvalue weighted by Gasteiger charge is -2.45. The summed E-state index contributed by atoms with van der Waals surface area (Å²) in [5.74, 6) is -0.807. The van der Waals surface area contributed by atoms with Gasteiger partial charge in [0.25, 0.3) is 0 Å². The third kappa shape index (κ3) is 5.04. The molecule has 0 radical (unpaired) electrons. The first-order valence-electron chi connectivity index (χ1n) is 11.8. The maximum Gasteiger partial charge on any atom is 0.344 e. The molecule has 3 atom stereocenters. The average Bonchev–Trinajstić information content (AvgIpc) is 2.85. The molecule has 1 fully saturated rings. The quantitative estimate of drug-likeness (QED) is 0.245. The van der Waals surface area contributed by atoms with Gasteiger partial charge in [0.2, 0.25) is 22.8 Å². The molecule has 1 heterocycles. The lowest BCUT2D eigenvalue weighted by molar-refractivity contribution is -0.145. The highest BCUT2D eigenvalue weighted by Crippen LogP contribution is 2.46. The van der Waals surface area contributed by atoms with Gasteiger partial charge in [0.15, 0.2) is 6.10 Å². The Hall–Kier alpha value is -0.246. The number of carbonyl (C=O) groups excluding carboxylic acids is 1. The number of halogens is 1. The van der Waals surface area contributed by atoms with Gasteiger partial charge in [0.05, 0.1) is 6.61 Å². The topological polar surface area (TPSA) is 44.8 Å². The summed E-state index contributed by atoms with van der Waals surface area (Å²) in [5.41, 5.74) is 2.13. The van der Waals surface area contributed by atoms with E-state index in [0.29, 0.717) is 33.2 Å². The van der Waals surface area contributed by atoms with Gasteiger partial charge in [-0.1, -0.05) is 83.1 Å². The Morgan fingerprint density at radius 3 is 1.47 bits per heavy atom. The van der Waals surface area contributed by atoms with Crippen molar-refractivity contribution >= 4 is 22.6 Å². The number of ether oxygens (including phenoxy) is 1. The van der Waals surface area contributed by atoms with Gasteiger partial charge in [0, 0.05) is 0 Å². The van der Waals surface area contributed by atoms with Crippen molar-refractivity contribution in [1.82, 2.24) is 0 Å². The first kappa shape index (κ1) is 27.8. The summed E-state index contributed by atoms with van der Waals surface area (Å²) in [7, 11) is -4.51. The van der Waals surface area contributed by atoms with Crippen LogP contribution in [0, 0.1) is 0 Å². The minimum absolute atomic E-state index is 0.219. The molecule has 4 nitrogen and oxygen atoms in total. The van der Waals surface area contributed by atoms with Gasteiger partial charge < -0.3 is 13.6 Å². The fraction of sp³-hybridized carbons (Fsp3) is 0.957. The molecule has 0 N–H and O–H groups in total. The first-order valence-corrected chi connectivity index (χ1v) is 16.1. The molecule has 178 valence electrons. The molecule has 0 spiro atoms. The second-order valence-electron chi connectivity index (χ2n) is 10.9. The summed E-state index contributed by atoms with van der Waals surface area (Å²) in [6, 6.07) is 0. The molecule has 0 saturated carbocycles. The summed E-state index contributed by atoms with van der Waals surface area (Å²) < 4.78 is 33.8. The van der Waals surface area contributed by atoms with E-state index in [2.05, 4.69) is 83.1 Å². The number of carbonyl (C=O) groups is 1. The summed E-state index contributed by atoms with van der Waals surface area (Å²) in [4.78, 5) is 12.2. The van der Waals surface area contributed by atoms with Gasteiger partial charge in [-0.05, 0) is 33.2 Å². The third-order valence-electron chi connectivity index (χ3n) is 7.40. The van der Waals surface area contributed by atoms with Crippen LogP contribution in [-0.4, -0.2) is 47.6 Å². The number of alkyl halides is 1. The smallest absolute Gasteiger partial charge is 0.344 e. The number of rotatable bonds is 11. The molecular weight excluding hydrogens is 415 g/mol. The molecule has 0 bridgehead atoms. The third-order valence-corrected chi connectivity index (χ3v) is 19.6. The molecule has 0 aromatic heterocycles. The van der Waals surface area contributed by atoms with E-state index >= 15 is 4.39 Å². The monoisotopic (exact) mass is 462 g/mol. The van der Waals surface area contributed by atoms with Crippen LogP contribution >= 0.6 is 0 Å². The number of hydrogen-bond acceptors (Lipinski definition) is 4.